The number of para-hydroxylation sites is 1. The van der Waals surface area contributed by atoms with Crippen LogP contribution >= 0.6 is 0 Å². The Labute approximate surface area is 200 Å². The van der Waals surface area contributed by atoms with Crippen molar-refractivity contribution in [2.24, 2.45) is 4.99 Å². The number of hydrogen-bond donors (Lipinski definition) is 0. The zero-order chi connectivity index (χ0) is 24.8. The summed E-state index contributed by atoms with van der Waals surface area (Å²) in [5, 5.41) is 0.180. The fourth-order valence-electron chi connectivity index (χ4n) is 3.56. The number of fused-ring (bicyclic) bond motifs is 2. The van der Waals surface area contributed by atoms with Gasteiger partial charge in [-0.2, -0.15) is 4.99 Å². The van der Waals surface area contributed by atoms with Gasteiger partial charge in [-0.05, 0) is 37.3 Å². The number of carbonyl (C=O) groups excluding carboxylic acids is 2. The van der Waals surface area contributed by atoms with Gasteiger partial charge in [0, 0.05) is 19.9 Å². The SMILES string of the molecule is CCOC(=O)c1cc2c(=O)n3ccccc3nc2n(CCOC)c1=NC(=O)COc1ccccc1. The number of carbonyl (C=O) groups is 2. The number of amides is 1. The summed E-state index contributed by atoms with van der Waals surface area (Å²) in [6, 6.07) is 15.4. The van der Waals surface area contributed by atoms with Crippen LogP contribution in [-0.4, -0.2) is 52.8 Å². The average Bonchev–Trinajstić information content (AvgIpc) is 2.87. The highest BCUT2D eigenvalue weighted by Crippen LogP contribution is 2.12. The highest BCUT2D eigenvalue weighted by Gasteiger charge is 2.20. The van der Waals surface area contributed by atoms with Gasteiger partial charge in [-0.3, -0.25) is 14.0 Å². The van der Waals surface area contributed by atoms with Crippen LogP contribution in [-0.2, 0) is 20.8 Å². The minimum atomic E-state index is -0.714. The van der Waals surface area contributed by atoms with Gasteiger partial charge in [0.25, 0.3) is 11.5 Å². The monoisotopic (exact) mass is 476 g/mol. The third kappa shape index (κ3) is 5.12. The lowest BCUT2D eigenvalue weighted by Crippen LogP contribution is -2.34. The van der Waals surface area contributed by atoms with Crippen LogP contribution in [0.25, 0.3) is 16.7 Å². The van der Waals surface area contributed by atoms with Gasteiger partial charge in [0.2, 0.25) is 0 Å². The van der Waals surface area contributed by atoms with Gasteiger partial charge in [-0.15, -0.1) is 0 Å². The Bertz CT molecular complexity index is 1510. The first-order valence-electron chi connectivity index (χ1n) is 11.0. The maximum absolute atomic E-state index is 13.2. The number of nitrogens with zero attached hydrogens (tertiary/aromatic N) is 4. The molecule has 3 aromatic heterocycles. The Balaban J connectivity index is 1.94. The third-order valence-corrected chi connectivity index (χ3v) is 5.14. The van der Waals surface area contributed by atoms with Crippen LogP contribution in [0.1, 0.15) is 17.3 Å². The van der Waals surface area contributed by atoms with Crippen molar-refractivity contribution in [3.8, 4) is 5.75 Å². The van der Waals surface area contributed by atoms with Gasteiger partial charge in [-0.1, -0.05) is 24.3 Å². The number of ether oxygens (including phenoxy) is 3. The second-order valence-corrected chi connectivity index (χ2v) is 7.44. The zero-order valence-corrected chi connectivity index (χ0v) is 19.3. The number of rotatable bonds is 8. The lowest BCUT2D eigenvalue weighted by molar-refractivity contribution is -0.120. The molecule has 0 aliphatic carbocycles. The number of benzene rings is 1. The Kier molecular flexibility index (Phi) is 7.32. The van der Waals surface area contributed by atoms with E-state index in [1.54, 1.807) is 55.6 Å². The van der Waals surface area contributed by atoms with Crippen molar-refractivity contribution in [3.05, 3.63) is 82.2 Å². The molecule has 0 fully saturated rings. The predicted octanol–water partition coefficient (Wildman–Crippen LogP) is 1.98. The molecule has 0 aliphatic heterocycles. The molecule has 4 rings (SSSR count). The van der Waals surface area contributed by atoms with E-state index in [1.165, 1.54) is 22.1 Å². The van der Waals surface area contributed by atoms with E-state index in [9.17, 15) is 14.4 Å². The second kappa shape index (κ2) is 10.7. The minimum Gasteiger partial charge on any atom is -0.484 e. The lowest BCUT2D eigenvalue weighted by Gasteiger charge is -2.15. The van der Waals surface area contributed by atoms with Crippen LogP contribution in [0.4, 0.5) is 0 Å². The molecule has 0 bridgehead atoms. The summed E-state index contributed by atoms with van der Waals surface area (Å²) in [5.41, 5.74) is 0.291. The normalized spacial score (nSPS) is 11.7. The van der Waals surface area contributed by atoms with Gasteiger partial charge in [0.1, 0.15) is 22.6 Å². The maximum atomic E-state index is 13.2. The van der Waals surface area contributed by atoms with Crippen LogP contribution in [0.5, 0.6) is 5.75 Å². The molecular weight excluding hydrogens is 452 g/mol. The quantitative estimate of drug-likeness (QED) is 0.282. The average molecular weight is 476 g/mol. The largest absolute Gasteiger partial charge is 0.484 e. The highest BCUT2D eigenvalue weighted by molar-refractivity contribution is 5.93. The van der Waals surface area contributed by atoms with E-state index in [1.807, 2.05) is 6.07 Å². The smallest absolute Gasteiger partial charge is 0.341 e. The first-order valence-corrected chi connectivity index (χ1v) is 11.0. The molecule has 35 heavy (non-hydrogen) atoms. The molecule has 0 saturated heterocycles. The van der Waals surface area contributed by atoms with Crippen molar-refractivity contribution < 1.29 is 23.8 Å². The van der Waals surface area contributed by atoms with Crippen LogP contribution in [0.3, 0.4) is 0 Å². The topological polar surface area (TPSA) is 113 Å². The highest BCUT2D eigenvalue weighted by atomic mass is 16.5. The first-order chi connectivity index (χ1) is 17.0. The van der Waals surface area contributed by atoms with Gasteiger partial charge < -0.3 is 18.8 Å². The minimum absolute atomic E-state index is 0.0156. The number of hydrogen-bond acceptors (Lipinski definition) is 7. The summed E-state index contributed by atoms with van der Waals surface area (Å²) in [7, 11) is 1.52. The van der Waals surface area contributed by atoms with E-state index in [2.05, 4.69) is 9.98 Å². The van der Waals surface area contributed by atoms with E-state index >= 15 is 0 Å². The molecule has 4 aromatic rings. The Morgan fingerprint density at radius 1 is 1.09 bits per heavy atom. The fourth-order valence-corrected chi connectivity index (χ4v) is 3.56. The van der Waals surface area contributed by atoms with E-state index in [4.69, 9.17) is 14.2 Å². The third-order valence-electron chi connectivity index (χ3n) is 5.14. The number of pyridine rings is 2. The summed E-state index contributed by atoms with van der Waals surface area (Å²) in [4.78, 5) is 47.7. The summed E-state index contributed by atoms with van der Waals surface area (Å²) in [5.74, 6) is -0.829. The standard InChI is InChI=1S/C25H24N4O6/c1-3-34-25(32)19-15-18-22(26-20-11-7-8-12-28(20)24(18)31)29(13-14-33-2)23(19)27-21(30)16-35-17-9-5-4-6-10-17/h4-12,15H,3,13-14,16H2,1-2H3. The zero-order valence-electron chi connectivity index (χ0n) is 19.3. The molecule has 1 aromatic carbocycles. The van der Waals surface area contributed by atoms with Crippen LogP contribution in [0, 0.1) is 0 Å². The molecule has 0 radical (unpaired) electrons. The summed E-state index contributed by atoms with van der Waals surface area (Å²) in [6.07, 6.45) is 1.59. The molecule has 180 valence electrons. The van der Waals surface area contributed by atoms with Crippen LogP contribution in [0.15, 0.2) is 70.6 Å². The predicted molar refractivity (Wildman–Crippen MR) is 127 cm³/mol. The van der Waals surface area contributed by atoms with E-state index < -0.39 is 11.9 Å². The molecule has 10 nitrogen and oxygen atoms in total. The molecule has 0 atom stereocenters. The number of aromatic nitrogens is 3. The number of methoxy groups -OCH3 is 1. The van der Waals surface area contributed by atoms with E-state index in [0.717, 1.165) is 0 Å². The molecule has 3 heterocycles. The van der Waals surface area contributed by atoms with Crippen LogP contribution < -0.4 is 15.8 Å². The molecule has 0 N–H and O–H groups in total. The van der Waals surface area contributed by atoms with Crippen molar-refractivity contribution in [3.63, 3.8) is 0 Å². The van der Waals surface area contributed by atoms with Gasteiger partial charge >= 0.3 is 5.97 Å². The van der Waals surface area contributed by atoms with Crippen molar-refractivity contribution >= 4 is 28.6 Å². The van der Waals surface area contributed by atoms with Crippen molar-refractivity contribution in [1.29, 1.82) is 0 Å². The van der Waals surface area contributed by atoms with E-state index in [0.29, 0.717) is 11.4 Å². The lowest BCUT2D eigenvalue weighted by atomic mass is 10.2. The number of esters is 1. The molecule has 10 heteroatoms. The van der Waals surface area contributed by atoms with Crippen molar-refractivity contribution in [1.82, 2.24) is 14.0 Å². The van der Waals surface area contributed by atoms with Gasteiger partial charge in [0.15, 0.2) is 12.1 Å². The molecule has 1 amide bonds. The van der Waals surface area contributed by atoms with Crippen molar-refractivity contribution in [2.75, 3.05) is 26.9 Å². The van der Waals surface area contributed by atoms with Crippen molar-refractivity contribution in [2.45, 2.75) is 13.5 Å². The molecule has 0 saturated carbocycles. The summed E-state index contributed by atoms with van der Waals surface area (Å²) >= 11 is 0. The Morgan fingerprint density at radius 3 is 2.60 bits per heavy atom. The molecule has 0 unspecified atom stereocenters. The molecular formula is C25H24N4O6. The maximum Gasteiger partial charge on any atom is 0.341 e. The summed E-state index contributed by atoms with van der Waals surface area (Å²) in [6.45, 7) is 1.83. The first kappa shape index (κ1) is 23.8. The van der Waals surface area contributed by atoms with Crippen LogP contribution in [0.2, 0.25) is 0 Å². The Morgan fingerprint density at radius 2 is 1.86 bits per heavy atom. The van der Waals surface area contributed by atoms with Gasteiger partial charge in [0.05, 0.1) is 18.6 Å². The summed E-state index contributed by atoms with van der Waals surface area (Å²) < 4.78 is 18.8. The fraction of sp³-hybridized carbons (Fsp3) is 0.240. The second-order valence-electron chi connectivity index (χ2n) is 7.44. The molecule has 0 spiro atoms. The molecule has 0 aliphatic rings. The van der Waals surface area contributed by atoms with E-state index in [-0.39, 0.29) is 54.0 Å². The Hall–Kier alpha value is -4.31. The van der Waals surface area contributed by atoms with Gasteiger partial charge in [-0.25, -0.2) is 9.78 Å².